The zero-order chi connectivity index (χ0) is 20.6. The van der Waals surface area contributed by atoms with E-state index < -0.39 is 34.2 Å². The zero-order valence-electron chi connectivity index (χ0n) is 15.9. The number of ether oxygens (including phenoxy) is 2. The Morgan fingerprint density at radius 2 is 1.66 bits per heavy atom. The highest BCUT2D eigenvalue weighted by Crippen LogP contribution is 2.44. The van der Waals surface area contributed by atoms with Crippen molar-refractivity contribution in [2.45, 2.75) is 18.4 Å². The molecule has 1 saturated heterocycles. The maximum atomic E-state index is 12.9. The molecule has 0 N–H and O–H groups in total. The summed E-state index contributed by atoms with van der Waals surface area (Å²) in [5.74, 6) is -0.487. The van der Waals surface area contributed by atoms with Crippen LogP contribution in [-0.4, -0.2) is 56.4 Å². The van der Waals surface area contributed by atoms with Crippen LogP contribution < -0.4 is 4.74 Å². The van der Waals surface area contributed by atoms with Crippen LogP contribution in [0.5, 0.6) is 11.5 Å². The molecule has 0 radical (unpaired) electrons. The van der Waals surface area contributed by atoms with Crippen molar-refractivity contribution in [1.82, 2.24) is 4.90 Å². The molecule has 2 heterocycles. The quantitative estimate of drug-likeness (QED) is 0.711. The smallest absolute Gasteiger partial charge is 0.318 e. The van der Waals surface area contributed by atoms with E-state index in [9.17, 15) is 18.0 Å². The molecule has 0 unspecified atom stereocenters. The number of carbonyl (C=O) groups is 2. The van der Waals surface area contributed by atoms with E-state index in [0.29, 0.717) is 29.0 Å². The van der Waals surface area contributed by atoms with E-state index in [-0.39, 0.29) is 17.5 Å². The van der Waals surface area contributed by atoms with Crippen molar-refractivity contribution in [3.05, 3.63) is 59.7 Å². The zero-order valence-corrected chi connectivity index (χ0v) is 16.7. The van der Waals surface area contributed by atoms with Gasteiger partial charge in [0.15, 0.2) is 16.4 Å². The lowest BCUT2D eigenvalue weighted by Gasteiger charge is -2.27. The van der Waals surface area contributed by atoms with E-state index in [1.54, 1.807) is 31.3 Å². The molecule has 7 nitrogen and oxygen atoms in total. The van der Waals surface area contributed by atoms with Gasteiger partial charge in [-0.2, -0.15) is 0 Å². The lowest BCUT2D eigenvalue weighted by Crippen LogP contribution is -2.40. The second-order valence-electron chi connectivity index (χ2n) is 7.28. The summed E-state index contributed by atoms with van der Waals surface area (Å²) >= 11 is 0. The minimum atomic E-state index is -3.10. The van der Waals surface area contributed by atoms with E-state index in [2.05, 4.69) is 0 Å². The molecule has 4 rings (SSSR count). The lowest BCUT2D eigenvalue weighted by molar-refractivity contribution is -0.152. The first kappa shape index (κ1) is 19.4. The molecule has 152 valence electrons. The fourth-order valence-corrected chi connectivity index (χ4v) is 5.54. The Morgan fingerprint density at radius 3 is 2.21 bits per heavy atom. The van der Waals surface area contributed by atoms with Crippen LogP contribution in [-0.2, 0) is 24.2 Å². The highest BCUT2D eigenvalue weighted by molar-refractivity contribution is 7.91. The van der Waals surface area contributed by atoms with Crippen LogP contribution in [0.4, 0.5) is 0 Å². The van der Waals surface area contributed by atoms with Gasteiger partial charge in [0.2, 0.25) is 0 Å². The molecule has 2 aliphatic heterocycles. The number of hydrogen-bond donors (Lipinski definition) is 0. The number of carbonyl (C=O) groups excluding carboxylic acids is 2. The topological polar surface area (TPSA) is 90.0 Å². The van der Waals surface area contributed by atoms with Crippen molar-refractivity contribution in [3.8, 4) is 11.5 Å². The number of para-hydroxylation sites is 2. The molecule has 1 amide bonds. The first-order valence-corrected chi connectivity index (χ1v) is 11.2. The van der Waals surface area contributed by atoms with Crippen LogP contribution >= 0.6 is 0 Å². The van der Waals surface area contributed by atoms with Gasteiger partial charge in [-0.25, -0.2) is 8.42 Å². The number of sulfone groups is 1. The van der Waals surface area contributed by atoms with E-state index in [0.717, 1.165) is 0 Å². The summed E-state index contributed by atoms with van der Waals surface area (Å²) in [7, 11) is -1.56. The number of nitrogens with zero attached hydrogens (tertiary/aromatic N) is 1. The minimum Gasteiger partial charge on any atom is -0.457 e. The summed E-state index contributed by atoms with van der Waals surface area (Å²) in [5, 5.41) is 0. The van der Waals surface area contributed by atoms with E-state index in [4.69, 9.17) is 9.47 Å². The number of fused-ring (bicyclic) bond motifs is 2. The average Bonchev–Trinajstić information content (AvgIpc) is 3.09. The molecular formula is C21H21NO6S. The third-order valence-corrected chi connectivity index (χ3v) is 7.15. The van der Waals surface area contributed by atoms with Gasteiger partial charge < -0.3 is 14.4 Å². The number of benzene rings is 2. The van der Waals surface area contributed by atoms with Crippen molar-refractivity contribution in [2.75, 3.05) is 25.2 Å². The molecule has 0 spiro atoms. The molecule has 0 saturated carbocycles. The van der Waals surface area contributed by atoms with Crippen molar-refractivity contribution in [1.29, 1.82) is 0 Å². The van der Waals surface area contributed by atoms with Gasteiger partial charge in [0.1, 0.15) is 17.4 Å². The Labute approximate surface area is 169 Å². The second-order valence-corrected chi connectivity index (χ2v) is 9.51. The van der Waals surface area contributed by atoms with Crippen molar-refractivity contribution in [3.63, 3.8) is 0 Å². The summed E-state index contributed by atoms with van der Waals surface area (Å²) < 4.78 is 34.5. The average molecular weight is 415 g/mol. The van der Waals surface area contributed by atoms with Gasteiger partial charge in [-0.05, 0) is 18.6 Å². The van der Waals surface area contributed by atoms with Crippen molar-refractivity contribution in [2.24, 2.45) is 0 Å². The normalized spacial score (nSPS) is 19.6. The van der Waals surface area contributed by atoms with Gasteiger partial charge in [-0.1, -0.05) is 36.4 Å². The fourth-order valence-electron chi connectivity index (χ4n) is 3.77. The van der Waals surface area contributed by atoms with Crippen LogP contribution in [0.25, 0.3) is 0 Å². The molecule has 1 fully saturated rings. The first-order chi connectivity index (χ1) is 13.9. The molecule has 0 aromatic heterocycles. The Bertz CT molecular complexity index is 1020. The summed E-state index contributed by atoms with van der Waals surface area (Å²) in [4.78, 5) is 26.7. The largest absolute Gasteiger partial charge is 0.457 e. The minimum absolute atomic E-state index is 0.0517. The lowest BCUT2D eigenvalue weighted by atomic mass is 9.88. The van der Waals surface area contributed by atoms with Gasteiger partial charge >= 0.3 is 5.97 Å². The van der Waals surface area contributed by atoms with Crippen LogP contribution in [0.2, 0.25) is 0 Å². The van der Waals surface area contributed by atoms with Gasteiger partial charge in [0.25, 0.3) is 5.91 Å². The highest BCUT2D eigenvalue weighted by Gasteiger charge is 2.35. The van der Waals surface area contributed by atoms with Gasteiger partial charge in [-0.3, -0.25) is 9.59 Å². The number of amides is 1. The standard InChI is InChI=1S/C21H21NO6S/c1-22(14-10-11-29(25,26)13-14)19(23)12-27-21(24)20-15-6-2-4-8-17(15)28-18-9-5-3-7-16(18)20/h2-9,14,20H,10-13H2,1H3/t14-/m1/s1. The third-order valence-electron chi connectivity index (χ3n) is 5.40. The first-order valence-electron chi connectivity index (χ1n) is 9.34. The molecule has 2 aliphatic rings. The van der Waals surface area contributed by atoms with E-state index in [1.807, 2.05) is 24.3 Å². The Hall–Kier alpha value is -2.87. The molecular weight excluding hydrogens is 394 g/mol. The number of hydrogen-bond acceptors (Lipinski definition) is 6. The molecule has 2 aromatic rings. The van der Waals surface area contributed by atoms with E-state index >= 15 is 0 Å². The van der Waals surface area contributed by atoms with Crippen LogP contribution in [0, 0.1) is 0 Å². The predicted octanol–water partition coefficient (Wildman–Crippen LogP) is 2.11. The number of rotatable bonds is 4. The van der Waals surface area contributed by atoms with Crippen LogP contribution in [0.15, 0.2) is 48.5 Å². The van der Waals surface area contributed by atoms with Gasteiger partial charge in [-0.15, -0.1) is 0 Å². The Kier molecular flexibility index (Phi) is 5.04. The molecule has 0 aliphatic carbocycles. The highest BCUT2D eigenvalue weighted by atomic mass is 32.2. The summed E-state index contributed by atoms with van der Waals surface area (Å²) in [6, 6.07) is 14.1. The molecule has 1 atom stereocenters. The van der Waals surface area contributed by atoms with E-state index in [1.165, 1.54) is 4.90 Å². The van der Waals surface area contributed by atoms with Crippen molar-refractivity contribution >= 4 is 21.7 Å². The third kappa shape index (κ3) is 3.85. The monoisotopic (exact) mass is 415 g/mol. The van der Waals surface area contributed by atoms with Crippen LogP contribution in [0.1, 0.15) is 23.5 Å². The van der Waals surface area contributed by atoms with Gasteiger partial charge in [0, 0.05) is 24.2 Å². The molecule has 2 aromatic carbocycles. The predicted molar refractivity (Wildman–Crippen MR) is 106 cm³/mol. The van der Waals surface area contributed by atoms with Crippen LogP contribution in [0.3, 0.4) is 0 Å². The fraction of sp³-hybridized carbons (Fsp3) is 0.333. The summed E-state index contributed by atoms with van der Waals surface area (Å²) in [6.07, 6.45) is 0.402. The second kappa shape index (κ2) is 7.51. The summed E-state index contributed by atoms with van der Waals surface area (Å²) in [5.41, 5.74) is 1.36. The molecule has 8 heteroatoms. The molecule has 29 heavy (non-hydrogen) atoms. The number of likely N-dealkylation sites (N-methyl/N-ethyl adjacent to an activating group) is 1. The number of esters is 1. The maximum absolute atomic E-state index is 12.9. The Morgan fingerprint density at radius 1 is 1.07 bits per heavy atom. The Balaban J connectivity index is 1.48. The van der Waals surface area contributed by atoms with Crippen molar-refractivity contribution < 1.29 is 27.5 Å². The summed E-state index contributed by atoms with van der Waals surface area (Å²) in [6.45, 7) is -0.437. The maximum Gasteiger partial charge on any atom is 0.318 e. The SMILES string of the molecule is CN(C(=O)COC(=O)C1c2ccccc2Oc2ccccc21)[C@@H]1CCS(=O)(=O)C1. The van der Waals surface area contributed by atoms with Gasteiger partial charge in [0.05, 0.1) is 11.5 Å². The molecule has 0 bridgehead atoms.